The van der Waals surface area contributed by atoms with Crippen LogP contribution in [0.15, 0.2) is 22.7 Å². The monoisotopic (exact) mass is 395 g/mol. The fraction of sp³-hybridized carbons (Fsp3) is 0.632. The van der Waals surface area contributed by atoms with Crippen molar-refractivity contribution in [1.82, 2.24) is 4.90 Å². The lowest BCUT2D eigenvalue weighted by Crippen LogP contribution is -2.48. The molecule has 1 saturated heterocycles. The molecule has 3 rings (SSSR count). The van der Waals surface area contributed by atoms with E-state index in [-0.39, 0.29) is 11.7 Å². The van der Waals surface area contributed by atoms with Gasteiger partial charge in [0, 0.05) is 29.9 Å². The summed E-state index contributed by atoms with van der Waals surface area (Å²) in [6.45, 7) is 9.38. The van der Waals surface area contributed by atoms with Crippen LogP contribution in [0, 0.1) is 5.92 Å². The molecular formula is C19H26BrNO3. The van der Waals surface area contributed by atoms with Gasteiger partial charge in [0.1, 0.15) is 17.0 Å². The second-order valence-electron chi connectivity index (χ2n) is 8.09. The first-order valence-electron chi connectivity index (χ1n) is 8.62. The van der Waals surface area contributed by atoms with Gasteiger partial charge in [-0.05, 0) is 64.3 Å². The molecule has 4 nitrogen and oxygen atoms in total. The van der Waals surface area contributed by atoms with Gasteiger partial charge < -0.3 is 14.4 Å². The second kappa shape index (κ2) is 6.25. The third kappa shape index (κ3) is 3.71. The van der Waals surface area contributed by atoms with Crippen LogP contribution in [0.5, 0.6) is 5.75 Å². The largest absolute Gasteiger partial charge is 0.487 e. The molecule has 132 valence electrons. The summed E-state index contributed by atoms with van der Waals surface area (Å²) in [6, 6.07) is 6.21. The highest BCUT2D eigenvalue weighted by atomic mass is 79.9. The summed E-state index contributed by atoms with van der Waals surface area (Å²) >= 11 is 3.53. The number of amides is 1. The Morgan fingerprint density at radius 1 is 1.33 bits per heavy atom. The molecule has 0 bridgehead atoms. The quantitative estimate of drug-likeness (QED) is 0.685. The van der Waals surface area contributed by atoms with E-state index in [1.807, 2.05) is 37.8 Å². The summed E-state index contributed by atoms with van der Waals surface area (Å²) in [4.78, 5) is 14.0. The van der Waals surface area contributed by atoms with Crippen molar-refractivity contribution in [2.75, 3.05) is 13.1 Å². The van der Waals surface area contributed by atoms with Crippen LogP contribution in [0.2, 0.25) is 0 Å². The number of nitrogens with zero attached hydrogens (tertiary/aromatic N) is 1. The molecule has 2 heterocycles. The van der Waals surface area contributed by atoms with Crippen molar-refractivity contribution in [2.45, 2.75) is 58.2 Å². The van der Waals surface area contributed by atoms with Crippen LogP contribution in [-0.4, -0.2) is 35.3 Å². The van der Waals surface area contributed by atoms with Crippen LogP contribution in [0.25, 0.3) is 0 Å². The molecule has 0 spiro atoms. The van der Waals surface area contributed by atoms with Crippen molar-refractivity contribution in [3.05, 3.63) is 28.2 Å². The van der Waals surface area contributed by atoms with Gasteiger partial charge in [-0.15, -0.1) is 0 Å². The lowest BCUT2D eigenvalue weighted by molar-refractivity contribution is -0.00822. The van der Waals surface area contributed by atoms with Crippen molar-refractivity contribution in [1.29, 1.82) is 0 Å². The Morgan fingerprint density at radius 2 is 2.00 bits per heavy atom. The lowest BCUT2D eigenvalue weighted by Gasteiger charge is -2.40. The Morgan fingerprint density at radius 3 is 2.62 bits per heavy atom. The van der Waals surface area contributed by atoms with Crippen LogP contribution < -0.4 is 4.74 Å². The SMILES string of the molecule is CC(C)(C)OC(=O)N1CCC(C2(C)Cc3cc(Br)ccc3O2)CC1. The van der Waals surface area contributed by atoms with Gasteiger partial charge in [-0.2, -0.15) is 0 Å². The molecule has 0 aliphatic carbocycles. The first-order valence-corrected chi connectivity index (χ1v) is 9.41. The number of rotatable bonds is 1. The average molecular weight is 396 g/mol. The maximum Gasteiger partial charge on any atom is 0.410 e. The van der Waals surface area contributed by atoms with Crippen LogP contribution in [0.3, 0.4) is 0 Å². The molecule has 0 aromatic heterocycles. The number of hydrogen-bond acceptors (Lipinski definition) is 3. The number of likely N-dealkylation sites (tertiary alicyclic amines) is 1. The summed E-state index contributed by atoms with van der Waals surface area (Å²) in [7, 11) is 0. The third-order valence-corrected chi connectivity index (χ3v) is 5.41. The van der Waals surface area contributed by atoms with Gasteiger partial charge in [0.25, 0.3) is 0 Å². The van der Waals surface area contributed by atoms with Crippen molar-refractivity contribution in [3.63, 3.8) is 0 Å². The average Bonchev–Trinajstić information content (AvgIpc) is 2.82. The molecule has 1 fully saturated rings. The number of halogens is 1. The van der Waals surface area contributed by atoms with Gasteiger partial charge in [0.05, 0.1) is 0 Å². The lowest BCUT2D eigenvalue weighted by atomic mass is 9.79. The Labute approximate surface area is 152 Å². The molecule has 1 atom stereocenters. The molecule has 0 saturated carbocycles. The Bertz CT molecular complexity index is 632. The highest BCUT2D eigenvalue weighted by molar-refractivity contribution is 9.10. The van der Waals surface area contributed by atoms with Crippen LogP contribution in [-0.2, 0) is 11.2 Å². The number of benzene rings is 1. The van der Waals surface area contributed by atoms with Gasteiger partial charge in [-0.3, -0.25) is 0 Å². The molecule has 24 heavy (non-hydrogen) atoms. The summed E-state index contributed by atoms with van der Waals surface area (Å²) < 4.78 is 12.9. The van der Waals surface area contributed by atoms with Crippen LogP contribution in [0.1, 0.15) is 46.1 Å². The molecular weight excluding hydrogens is 370 g/mol. The minimum atomic E-state index is -0.441. The molecule has 1 aromatic carbocycles. The molecule has 2 aliphatic rings. The fourth-order valence-electron chi connectivity index (χ4n) is 3.68. The standard InChI is InChI=1S/C19H26BrNO3/c1-18(2,3)24-17(22)21-9-7-14(8-10-21)19(4)12-13-11-15(20)5-6-16(13)23-19/h5-6,11,14H,7-10,12H2,1-4H3. The number of fused-ring (bicyclic) bond motifs is 1. The van der Waals surface area contributed by atoms with Crippen molar-refractivity contribution >= 4 is 22.0 Å². The minimum Gasteiger partial charge on any atom is -0.487 e. The zero-order valence-electron chi connectivity index (χ0n) is 14.9. The van der Waals surface area contributed by atoms with Crippen molar-refractivity contribution in [3.8, 4) is 5.75 Å². The molecule has 1 amide bonds. The summed E-state index contributed by atoms with van der Waals surface area (Å²) in [5.41, 5.74) is 0.647. The number of ether oxygens (including phenoxy) is 2. The molecule has 1 aromatic rings. The highest BCUT2D eigenvalue weighted by Crippen LogP contribution is 2.43. The van der Waals surface area contributed by atoms with E-state index in [2.05, 4.69) is 28.9 Å². The second-order valence-corrected chi connectivity index (χ2v) is 9.00. The van der Waals surface area contributed by atoms with E-state index in [4.69, 9.17) is 9.47 Å². The smallest absolute Gasteiger partial charge is 0.410 e. The fourth-order valence-corrected chi connectivity index (χ4v) is 4.09. The van der Waals surface area contributed by atoms with Gasteiger partial charge in [0.2, 0.25) is 0 Å². The first kappa shape index (κ1) is 17.6. The maximum absolute atomic E-state index is 12.2. The Hall–Kier alpha value is -1.23. The molecule has 2 aliphatic heterocycles. The number of hydrogen-bond donors (Lipinski definition) is 0. The number of carbonyl (C=O) groups is 1. The van der Waals surface area contributed by atoms with Crippen LogP contribution >= 0.6 is 15.9 Å². The first-order chi connectivity index (χ1) is 11.2. The Kier molecular flexibility index (Phi) is 4.58. The molecule has 5 heteroatoms. The van der Waals surface area contributed by atoms with E-state index >= 15 is 0 Å². The molecule has 0 N–H and O–H groups in total. The van der Waals surface area contributed by atoms with Crippen molar-refractivity contribution in [2.24, 2.45) is 5.92 Å². The zero-order valence-corrected chi connectivity index (χ0v) is 16.5. The van der Waals surface area contributed by atoms with Gasteiger partial charge in [-0.1, -0.05) is 15.9 Å². The zero-order chi connectivity index (χ0) is 17.5. The van der Waals surface area contributed by atoms with Gasteiger partial charge >= 0.3 is 6.09 Å². The van der Waals surface area contributed by atoms with E-state index in [1.165, 1.54) is 5.56 Å². The molecule has 0 radical (unpaired) electrons. The Balaban J connectivity index is 1.60. The topological polar surface area (TPSA) is 38.8 Å². The summed E-state index contributed by atoms with van der Waals surface area (Å²) in [5, 5.41) is 0. The predicted molar refractivity (Wildman–Crippen MR) is 97.4 cm³/mol. The van der Waals surface area contributed by atoms with E-state index in [0.29, 0.717) is 5.92 Å². The van der Waals surface area contributed by atoms with Gasteiger partial charge in [0.15, 0.2) is 0 Å². The number of carbonyl (C=O) groups excluding carboxylic acids is 1. The predicted octanol–water partition coefficient (Wildman–Crippen LogP) is 4.79. The van der Waals surface area contributed by atoms with E-state index < -0.39 is 5.60 Å². The molecule has 1 unspecified atom stereocenters. The van der Waals surface area contributed by atoms with Gasteiger partial charge in [-0.25, -0.2) is 4.79 Å². The van der Waals surface area contributed by atoms with Crippen molar-refractivity contribution < 1.29 is 14.3 Å². The third-order valence-electron chi connectivity index (χ3n) is 4.92. The van der Waals surface area contributed by atoms with E-state index in [1.54, 1.807) is 0 Å². The minimum absolute atomic E-state index is 0.177. The summed E-state index contributed by atoms with van der Waals surface area (Å²) in [5.74, 6) is 1.44. The van der Waals surface area contributed by atoms with Crippen LogP contribution in [0.4, 0.5) is 4.79 Å². The van der Waals surface area contributed by atoms with E-state index in [9.17, 15) is 4.79 Å². The summed E-state index contributed by atoms with van der Waals surface area (Å²) in [6.07, 6.45) is 2.62. The number of piperidine rings is 1. The highest BCUT2D eigenvalue weighted by Gasteiger charge is 2.43. The van der Waals surface area contributed by atoms with E-state index in [0.717, 1.165) is 42.6 Å². The maximum atomic E-state index is 12.2. The normalized spacial score (nSPS) is 24.5.